The maximum atomic E-state index is 12.2. The summed E-state index contributed by atoms with van der Waals surface area (Å²) in [6, 6.07) is 1.46. The third kappa shape index (κ3) is 5.05. The van der Waals surface area contributed by atoms with Gasteiger partial charge >= 0.3 is 0 Å². The van der Waals surface area contributed by atoms with Crippen LogP contribution in [0.15, 0.2) is 16.0 Å². The van der Waals surface area contributed by atoms with Crippen molar-refractivity contribution in [3.63, 3.8) is 0 Å². The fourth-order valence-corrected chi connectivity index (χ4v) is 3.92. The van der Waals surface area contributed by atoms with Gasteiger partial charge in [-0.25, -0.2) is 13.4 Å². The van der Waals surface area contributed by atoms with E-state index in [0.29, 0.717) is 37.0 Å². The van der Waals surface area contributed by atoms with Crippen molar-refractivity contribution in [2.45, 2.75) is 24.9 Å². The molecule has 0 atom stereocenters. The number of carbonyl (C=O) groups is 1. The molecule has 1 amide bonds. The third-order valence-corrected chi connectivity index (χ3v) is 5.89. The number of carbonyl (C=O) groups excluding carboxylic acids is 1. The van der Waals surface area contributed by atoms with Gasteiger partial charge in [0.2, 0.25) is 15.9 Å². The fourth-order valence-electron chi connectivity index (χ4n) is 2.31. The molecule has 10 heteroatoms. The zero-order valence-electron chi connectivity index (χ0n) is 14.0. The van der Waals surface area contributed by atoms with Crippen LogP contribution in [0.1, 0.15) is 25.5 Å². The molecule has 0 spiro atoms. The first-order valence-electron chi connectivity index (χ1n) is 7.64. The first kappa shape index (κ1) is 18.9. The Kier molecular flexibility index (Phi) is 6.05. The molecule has 1 aliphatic rings. The topological polar surface area (TPSA) is 103 Å². The molecule has 1 saturated heterocycles. The summed E-state index contributed by atoms with van der Waals surface area (Å²) >= 11 is 1.18. The first-order chi connectivity index (χ1) is 11.2. The number of nitrogens with one attached hydrogen (secondary N) is 1. The van der Waals surface area contributed by atoms with Gasteiger partial charge in [-0.3, -0.25) is 9.59 Å². The molecule has 0 aliphatic carbocycles. The van der Waals surface area contributed by atoms with Crippen LogP contribution in [0.4, 0.5) is 0 Å². The summed E-state index contributed by atoms with van der Waals surface area (Å²) in [5.41, 5.74) is 0.459. The average molecular weight is 374 g/mol. The van der Waals surface area contributed by atoms with Crippen molar-refractivity contribution in [1.82, 2.24) is 19.2 Å². The number of hydrogen-bond acceptors (Lipinski definition) is 6. The smallest absolute Gasteiger partial charge is 0.251 e. The molecule has 1 N–H and O–H groups in total. The summed E-state index contributed by atoms with van der Waals surface area (Å²) in [5, 5.41) is 0.425. The van der Waals surface area contributed by atoms with Gasteiger partial charge in [0.15, 0.2) is 5.16 Å². The molecular weight excluding hydrogens is 352 g/mol. The minimum atomic E-state index is -3.21. The number of sulfonamides is 1. The standard InChI is InChI=1S/C14H22N4O4S2/c1-10(2)11-8-12(19)16-14(15-11)23-9-13(20)17-4-6-18(7-5-17)24(3,21)22/h8,10H,4-7,9H2,1-3H3,(H,15,16,19). The number of piperazine rings is 1. The third-order valence-electron chi connectivity index (χ3n) is 3.72. The number of amides is 1. The Morgan fingerprint density at radius 3 is 2.50 bits per heavy atom. The molecule has 1 aromatic rings. The largest absolute Gasteiger partial charge is 0.339 e. The highest BCUT2D eigenvalue weighted by Gasteiger charge is 2.26. The van der Waals surface area contributed by atoms with E-state index in [0.717, 1.165) is 0 Å². The van der Waals surface area contributed by atoms with Crippen molar-refractivity contribution >= 4 is 27.7 Å². The minimum Gasteiger partial charge on any atom is -0.339 e. The molecule has 24 heavy (non-hydrogen) atoms. The first-order valence-corrected chi connectivity index (χ1v) is 10.5. The van der Waals surface area contributed by atoms with Crippen LogP contribution in [0.2, 0.25) is 0 Å². The molecule has 1 fully saturated rings. The summed E-state index contributed by atoms with van der Waals surface area (Å²) in [4.78, 5) is 32.5. The molecule has 0 bridgehead atoms. The van der Waals surface area contributed by atoms with Crippen LogP contribution >= 0.6 is 11.8 Å². The second-order valence-corrected chi connectivity index (χ2v) is 8.91. The SMILES string of the molecule is CC(C)c1cc(=O)[nH]c(SCC(=O)N2CCN(S(C)(=O)=O)CC2)n1. The molecular formula is C14H22N4O4S2. The summed E-state index contributed by atoms with van der Waals surface area (Å²) in [6.45, 7) is 5.27. The Balaban J connectivity index is 1.91. The van der Waals surface area contributed by atoms with Gasteiger partial charge in [0.05, 0.1) is 17.7 Å². The maximum absolute atomic E-state index is 12.2. The van der Waals surface area contributed by atoms with E-state index in [1.54, 1.807) is 4.90 Å². The van der Waals surface area contributed by atoms with E-state index < -0.39 is 10.0 Å². The number of aromatic nitrogens is 2. The second-order valence-electron chi connectivity index (χ2n) is 5.96. The van der Waals surface area contributed by atoms with Crippen LogP contribution in [-0.2, 0) is 14.8 Å². The molecule has 134 valence electrons. The summed E-state index contributed by atoms with van der Waals surface area (Å²) in [7, 11) is -3.21. The zero-order valence-corrected chi connectivity index (χ0v) is 15.6. The predicted molar refractivity (Wildman–Crippen MR) is 92.7 cm³/mol. The molecule has 0 unspecified atom stereocenters. The van der Waals surface area contributed by atoms with Crippen LogP contribution in [0.5, 0.6) is 0 Å². The Hall–Kier alpha value is -1.39. The van der Waals surface area contributed by atoms with Crippen LogP contribution < -0.4 is 5.56 Å². The van der Waals surface area contributed by atoms with Crippen LogP contribution in [0, 0.1) is 0 Å². The zero-order chi connectivity index (χ0) is 17.9. The van der Waals surface area contributed by atoms with Gasteiger partial charge in [-0.15, -0.1) is 0 Å². The average Bonchev–Trinajstić information content (AvgIpc) is 2.51. The lowest BCUT2D eigenvalue weighted by atomic mass is 10.1. The molecule has 1 aromatic heterocycles. The van der Waals surface area contributed by atoms with E-state index in [4.69, 9.17) is 0 Å². The Morgan fingerprint density at radius 2 is 1.96 bits per heavy atom. The molecule has 1 aliphatic heterocycles. The predicted octanol–water partition coefficient (Wildman–Crippen LogP) is 0.0892. The molecule has 0 radical (unpaired) electrons. The molecule has 0 saturated carbocycles. The van der Waals surface area contributed by atoms with E-state index in [1.807, 2.05) is 13.8 Å². The van der Waals surface area contributed by atoms with Crippen molar-refractivity contribution in [3.8, 4) is 0 Å². The van der Waals surface area contributed by atoms with Gasteiger partial charge in [-0.1, -0.05) is 25.6 Å². The van der Waals surface area contributed by atoms with Gasteiger partial charge in [0, 0.05) is 32.2 Å². The lowest BCUT2D eigenvalue weighted by Gasteiger charge is -2.33. The van der Waals surface area contributed by atoms with Crippen molar-refractivity contribution in [2.75, 3.05) is 38.2 Å². The van der Waals surface area contributed by atoms with Crippen molar-refractivity contribution in [2.24, 2.45) is 0 Å². The molecule has 0 aromatic carbocycles. The summed E-state index contributed by atoms with van der Waals surface area (Å²) < 4.78 is 24.3. The van der Waals surface area contributed by atoms with Crippen LogP contribution in [0.25, 0.3) is 0 Å². The molecule has 8 nitrogen and oxygen atoms in total. The number of H-pyrrole nitrogens is 1. The molecule has 2 rings (SSSR count). The van der Waals surface area contributed by atoms with Gasteiger partial charge in [0.1, 0.15) is 0 Å². The van der Waals surface area contributed by atoms with E-state index in [1.165, 1.54) is 28.4 Å². The van der Waals surface area contributed by atoms with Crippen molar-refractivity contribution in [1.29, 1.82) is 0 Å². The number of nitrogens with zero attached hydrogens (tertiary/aromatic N) is 3. The lowest BCUT2D eigenvalue weighted by molar-refractivity contribution is -0.129. The van der Waals surface area contributed by atoms with E-state index in [-0.39, 0.29) is 23.1 Å². The summed E-state index contributed by atoms with van der Waals surface area (Å²) in [6.07, 6.45) is 1.17. The van der Waals surface area contributed by atoms with Gasteiger partial charge in [-0.05, 0) is 5.92 Å². The fraction of sp³-hybridized carbons (Fsp3) is 0.643. The Bertz CT molecular complexity index is 752. The Labute approximate surface area is 145 Å². The number of hydrogen-bond donors (Lipinski definition) is 1. The monoisotopic (exact) mass is 374 g/mol. The Morgan fingerprint density at radius 1 is 1.33 bits per heavy atom. The minimum absolute atomic E-state index is 0.0919. The van der Waals surface area contributed by atoms with Crippen molar-refractivity contribution < 1.29 is 13.2 Å². The van der Waals surface area contributed by atoms with Gasteiger partial charge in [0.25, 0.3) is 5.56 Å². The highest BCUT2D eigenvalue weighted by atomic mass is 32.2. The van der Waals surface area contributed by atoms with Crippen molar-refractivity contribution in [3.05, 3.63) is 22.1 Å². The quantitative estimate of drug-likeness (QED) is 0.579. The number of rotatable bonds is 5. The van der Waals surface area contributed by atoms with Gasteiger partial charge in [-0.2, -0.15) is 4.31 Å². The van der Waals surface area contributed by atoms with E-state index in [2.05, 4.69) is 9.97 Å². The number of thioether (sulfide) groups is 1. The van der Waals surface area contributed by atoms with E-state index >= 15 is 0 Å². The van der Waals surface area contributed by atoms with E-state index in [9.17, 15) is 18.0 Å². The van der Waals surface area contributed by atoms with Crippen LogP contribution in [-0.4, -0.2) is 71.7 Å². The van der Waals surface area contributed by atoms with Crippen LogP contribution in [0.3, 0.4) is 0 Å². The molecule has 2 heterocycles. The highest BCUT2D eigenvalue weighted by molar-refractivity contribution is 7.99. The maximum Gasteiger partial charge on any atom is 0.251 e. The normalized spacial score (nSPS) is 16.6. The second kappa shape index (κ2) is 7.66. The number of aromatic amines is 1. The summed E-state index contributed by atoms with van der Waals surface area (Å²) in [5.74, 6) is 0.195. The van der Waals surface area contributed by atoms with Gasteiger partial charge < -0.3 is 9.88 Å². The highest BCUT2D eigenvalue weighted by Crippen LogP contribution is 2.16. The lowest BCUT2D eigenvalue weighted by Crippen LogP contribution is -2.50.